The van der Waals surface area contributed by atoms with Gasteiger partial charge in [0.1, 0.15) is 0 Å². The largest absolute Gasteiger partial charge is 0.345 e. The number of halogens is 1. The molecule has 1 atom stereocenters. The van der Waals surface area contributed by atoms with Crippen LogP contribution in [0.15, 0.2) is 40.6 Å². The van der Waals surface area contributed by atoms with Crippen LogP contribution in [0, 0.1) is 0 Å². The van der Waals surface area contributed by atoms with Crippen molar-refractivity contribution in [2.45, 2.75) is 17.9 Å². The Kier molecular flexibility index (Phi) is 4.32. The zero-order valence-corrected chi connectivity index (χ0v) is 12.1. The first-order chi connectivity index (χ1) is 8.56. The summed E-state index contributed by atoms with van der Waals surface area (Å²) in [4.78, 5) is 13.4. The zero-order chi connectivity index (χ0) is 13.1. The predicted molar refractivity (Wildman–Crippen MR) is 78.9 cm³/mol. The Morgan fingerprint density at radius 3 is 2.83 bits per heavy atom. The first kappa shape index (κ1) is 13.5. The molecule has 1 amide bonds. The fourth-order valence-electron chi connectivity index (χ4n) is 1.57. The third-order valence-electron chi connectivity index (χ3n) is 2.51. The highest BCUT2D eigenvalue weighted by molar-refractivity contribution is 7.80. The van der Waals surface area contributed by atoms with Gasteiger partial charge in [-0.25, -0.2) is 0 Å². The molecule has 2 nitrogen and oxygen atoms in total. The van der Waals surface area contributed by atoms with Crippen LogP contribution >= 0.6 is 35.6 Å². The molecule has 94 valence electrons. The van der Waals surface area contributed by atoms with E-state index in [9.17, 15) is 4.79 Å². The smallest absolute Gasteiger partial charge is 0.261 e. The molecule has 2 rings (SSSR count). The van der Waals surface area contributed by atoms with Gasteiger partial charge in [0, 0.05) is 15.3 Å². The van der Waals surface area contributed by atoms with Crippen molar-refractivity contribution in [3.05, 3.63) is 51.2 Å². The Balaban J connectivity index is 2.07. The highest BCUT2D eigenvalue weighted by Gasteiger charge is 2.13. The molecule has 2 aromatic rings. The molecule has 1 N–H and O–H groups in total. The summed E-state index contributed by atoms with van der Waals surface area (Å²) in [6.07, 6.45) is 0. The summed E-state index contributed by atoms with van der Waals surface area (Å²) in [7, 11) is 0. The second kappa shape index (κ2) is 5.78. The number of benzene rings is 1. The monoisotopic (exact) mass is 297 g/mol. The van der Waals surface area contributed by atoms with E-state index in [2.05, 4.69) is 17.9 Å². The van der Waals surface area contributed by atoms with Gasteiger partial charge in [-0.15, -0.1) is 24.0 Å². The summed E-state index contributed by atoms with van der Waals surface area (Å²) < 4.78 is 0. The fourth-order valence-corrected chi connectivity index (χ4v) is 2.82. The summed E-state index contributed by atoms with van der Waals surface area (Å²) in [5.41, 5.74) is 0.985. The maximum absolute atomic E-state index is 12.0. The van der Waals surface area contributed by atoms with E-state index >= 15 is 0 Å². The lowest BCUT2D eigenvalue weighted by Gasteiger charge is -2.13. The molecule has 0 spiro atoms. The van der Waals surface area contributed by atoms with Crippen LogP contribution in [0.2, 0.25) is 5.02 Å². The van der Waals surface area contributed by atoms with Gasteiger partial charge in [-0.05, 0) is 30.7 Å². The van der Waals surface area contributed by atoms with Crippen molar-refractivity contribution in [1.82, 2.24) is 5.32 Å². The molecular formula is C13H12ClNOS2. The molecule has 1 unspecified atom stereocenters. The van der Waals surface area contributed by atoms with Crippen LogP contribution < -0.4 is 5.32 Å². The maximum Gasteiger partial charge on any atom is 0.261 e. The number of thiophene rings is 1. The topological polar surface area (TPSA) is 29.1 Å². The molecule has 0 bridgehead atoms. The average Bonchev–Trinajstić information content (AvgIpc) is 2.76. The number of rotatable bonds is 3. The van der Waals surface area contributed by atoms with Crippen molar-refractivity contribution >= 4 is 41.5 Å². The first-order valence-corrected chi connectivity index (χ1v) is 7.10. The second-order valence-electron chi connectivity index (χ2n) is 3.92. The quantitative estimate of drug-likeness (QED) is 0.818. The highest BCUT2D eigenvalue weighted by atomic mass is 35.5. The van der Waals surface area contributed by atoms with Crippen molar-refractivity contribution in [1.29, 1.82) is 0 Å². The van der Waals surface area contributed by atoms with E-state index in [-0.39, 0.29) is 11.9 Å². The standard InChI is InChI=1S/C13H12ClNOS2/c1-8(9-3-2-4-10(14)5-9)15-13(16)12-6-11(17)7-18-12/h2-8,17H,1H3,(H,15,16). The van der Waals surface area contributed by atoms with Crippen LogP contribution in [0.4, 0.5) is 0 Å². The van der Waals surface area contributed by atoms with Gasteiger partial charge >= 0.3 is 0 Å². The molecule has 0 saturated heterocycles. The van der Waals surface area contributed by atoms with E-state index in [0.29, 0.717) is 9.90 Å². The lowest BCUT2D eigenvalue weighted by atomic mass is 10.1. The van der Waals surface area contributed by atoms with Gasteiger partial charge in [0.15, 0.2) is 0 Å². The van der Waals surface area contributed by atoms with Crippen molar-refractivity contribution in [3.63, 3.8) is 0 Å². The van der Waals surface area contributed by atoms with E-state index in [0.717, 1.165) is 10.5 Å². The van der Waals surface area contributed by atoms with Crippen LogP contribution in [-0.4, -0.2) is 5.91 Å². The minimum absolute atomic E-state index is 0.0818. The van der Waals surface area contributed by atoms with Crippen LogP contribution in [0.5, 0.6) is 0 Å². The summed E-state index contributed by atoms with van der Waals surface area (Å²) in [6.45, 7) is 1.93. The number of carbonyl (C=O) groups excluding carboxylic acids is 1. The zero-order valence-electron chi connectivity index (χ0n) is 9.68. The van der Waals surface area contributed by atoms with Crippen molar-refractivity contribution in [3.8, 4) is 0 Å². The number of hydrogen-bond donors (Lipinski definition) is 2. The summed E-state index contributed by atoms with van der Waals surface area (Å²) in [5.74, 6) is -0.0900. The molecule has 1 heterocycles. The second-order valence-corrected chi connectivity index (χ2v) is 5.78. The molecule has 5 heteroatoms. The van der Waals surface area contributed by atoms with E-state index in [1.807, 2.05) is 36.6 Å². The lowest BCUT2D eigenvalue weighted by Crippen LogP contribution is -2.25. The van der Waals surface area contributed by atoms with Gasteiger partial charge in [-0.1, -0.05) is 23.7 Å². The molecule has 0 aliphatic carbocycles. The van der Waals surface area contributed by atoms with Crippen LogP contribution in [0.3, 0.4) is 0 Å². The summed E-state index contributed by atoms with van der Waals surface area (Å²) >= 11 is 11.5. The molecule has 0 aliphatic heterocycles. The van der Waals surface area contributed by atoms with Gasteiger partial charge in [0.2, 0.25) is 0 Å². The predicted octanol–water partition coefficient (Wildman–Crippen LogP) is 4.18. The number of carbonyl (C=O) groups is 1. The van der Waals surface area contributed by atoms with Crippen molar-refractivity contribution < 1.29 is 4.79 Å². The van der Waals surface area contributed by atoms with Gasteiger partial charge < -0.3 is 5.32 Å². The minimum atomic E-state index is -0.0900. The molecule has 0 saturated carbocycles. The van der Waals surface area contributed by atoms with Crippen molar-refractivity contribution in [2.24, 2.45) is 0 Å². The number of amides is 1. The molecule has 0 radical (unpaired) electrons. The number of nitrogens with one attached hydrogen (secondary N) is 1. The van der Waals surface area contributed by atoms with Gasteiger partial charge in [0.05, 0.1) is 10.9 Å². The molecule has 0 fully saturated rings. The van der Waals surface area contributed by atoms with Crippen molar-refractivity contribution in [2.75, 3.05) is 0 Å². The molecular weight excluding hydrogens is 286 g/mol. The Morgan fingerprint density at radius 2 is 2.22 bits per heavy atom. The Morgan fingerprint density at radius 1 is 1.44 bits per heavy atom. The van der Waals surface area contributed by atoms with E-state index in [1.165, 1.54) is 11.3 Å². The minimum Gasteiger partial charge on any atom is -0.345 e. The van der Waals surface area contributed by atoms with Gasteiger partial charge in [-0.3, -0.25) is 4.79 Å². The Bertz CT molecular complexity index is 568. The maximum atomic E-state index is 12.0. The summed E-state index contributed by atoms with van der Waals surface area (Å²) in [5, 5.41) is 5.44. The third kappa shape index (κ3) is 3.28. The molecule has 18 heavy (non-hydrogen) atoms. The molecule has 1 aromatic carbocycles. The van der Waals surface area contributed by atoms with Crippen LogP contribution in [0.25, 0.3) is 0 Å². The Labute approximate surface area is 120 Å². The summed E-state index contributed by atoms with van der Waals surface area (Å²) in [6, 6.07) is 9.15. The lowest BCUT2D eigenvalue weighted by molar-refractivity contribution is 0.0944. The van der Waals surface area contributed by atoms with E-state index < -0.39 is 0 Å². The van der Waals surface area contributed by atoms with E-state index in [4.69, 9.17) is 11.6 Å². The number of hydrogen-bond acceptors (Lipinski definition) is 3. The third-order valence-corrected chi connectivity index (χ3v) is 4.10. The van der Waals surface area contributed by atoms with Gasteiger partial charge in [-0.2, -0.15) is 0 Å². The first-order valence-electron chi connectivity index (χ1n) is 5.40. The number of thiol groups is 1. The Hall–Kier alpha value is -0.970. The molecule has 0 aliphatic rings. The fraction of sp³-hybridized carbons (Fsp3) is 0.154. The van der Waals surface area contributed by atoms with Gasteiger partial charge in [0.25, 0.3) is 5.91 Å². The van der Waals surface area contributed by atoms with Crippen LogP contribution in [0.1, 0.15) is 28.2 Å². The normalized spacial score (nSPS) is 12.2. The van der Waals surface area contributed by atoms with E-state index in [1.54, 1.807) is 6.07 Å². The SMILES string of the molecule is CC(NC(=O)c1cc(S)cs1)c1cccc(Cl)c1. The molecule has 1 aromatic heterocycles. The van der Waals surface area contributed by atoms with Crippen LogP contribution in [-0.2, 0) is 0 Å². The highest BCUT2D eigenvalue weighted by Crippen LogP contribution is 2.20. The average molecular weight is 298 g/mol.